The summed E-state index contributed by atoms with van der Waals surface area (Å²) in [6.07, 6.45) is 4.10. The molecule has 5 heteroatoms. The zero-order chi connectivity index (χ0) is 12.5. The Kier molecular flexibility index (Phi) is 6.65. The molecule has 98 valence electrons. The largest absolute Gasteiger partial charge is 0.450 e. The van der Waals surface area contributed by atoms with Gasteiger partial charge >= 0.3 is 6.08 Å². The second-order valence-corrected chi connectivity index (χ2v) is 4.29. The fraction of sp³-hybridized carbons (Fsp3) is 0.750. The van der Waals surface area contributed by atoms with Crippen LogP contribution in [0.1, 0.15) is 25.5 Å². The molecular weight excluding hydrogens is 218 g/mol. The van der Waals surface area contributed by atoms with Crippen LogP contribution in [0.2, 0.25) is 0 Å². The predicted octanol–water partition coefficient (Wildman–Crippen LogP) is 1.50. The van der Waals surface area contributed by atoms with Crippen molar-refractivity contribution in [2.45, 2.75) is 26.3 Å². The Labute approximate surface area is 103 Å². The molecule has 0 atom stereocenters. The van der Waals surface area contributed by atoms with Gasteiger partial charge in [-0.25, -0.2) is 0 Å². The van der Waals surface area contributed by atoms with E-state index in [0.717, 1.165) is 38.2 Å². The van der Waals surface area contributed by atoms with Crippen molar-refractivity contribution in [2.75, 3.05) is 33.8 Å². The third-order valence-electron chi connectivity index (χ3n) is 2.24. The zero-order valence-electron chi connectivity index (χ0n) is 11.0. The van der Waals surface area contributed by atoms with Crippen molar-refractivity contribution < 1.29 is 9.15 Å². The smallest absolute Gasteiger partial charge is 0.393 e. The fourth-order valence-electron chi connectivity index (χ4n) is 1.37. The summed E-state index contributed by atoms with van der Waals surface area (Å²) >= 11 is 0. The molecule has 0 aliphatic rings. The van der Waals surface area contributed by atoms with Gasteiger partial charge in [-0.05, 0) is 33.5 Å². The molecule has 17 heavy (non-hydrogen) atoms. The Bertz CT molecular complexity index is 300. The highest BCUT2D eigenvalue weighted by Crippen LogP contribution is 2.10. The molecule has 0 aromatic carbocycles. The summed E-state index contributed by atoms with van der Waals surface area (Å²) in [6.45, 7) is 5.51. The molecule has 5 nitrogen and oxygen atoms in total. The third-order valence-corrected chi connectivity index (χ3v) is 2.24. The van der Waals surface area contributed by atoms with Gasteiger partial charge in [-0.15, -0.1) is 0 Å². The average molecular weight is 241 g/mol. The standard InChI is InChI=1S/C12H23N3O2/c1-4-6-13-9-11-10-17-12(14-11)16-8-5-7-15(2)3/h10,13H,4-9H2,1-3H3. The Hall–Kier alpha value is -1.07. The van der Waals surface area contributed by atoms with Crippen LogP contribution in [-0.2, 0) is 6.54 Å². The maximum absolute atomic E-state index is 5.41. The Morgan fingerprint density at radius 1 is 1.47 bits per heavy atom. The lowest BCUT2D eigenvalue weighted by molar-refractivity contribution is 0.215. The average Bonchev–Trinajstić information content (AvgIpc) is 2.73. The van der Waals surface area contributed by atoms with Gasteiger partial charge in [0.2, 0.25) is 0 Å². The molecular formula is C12H23N3O2. The van der Waals surface area contributed by atoms with Gasteiger partial charge in [0.1, 0.15) is 6.26 Å². The normalized spacial score (nSPS) is 11.1. The summed E-state index contributed by atoms with van der Waals surface area (Å²) in [5, 5.41) is 3.26. The number of nitrogens with zero attached hydrogens (tertiary/aromatic N) is 2. The van der Waals surface area contributed by atoms with Crippen LogP contribution in [-0.4, -0.2) is 43.7 Å². The van der Waals surface area contributed by atoms with Crippen LogP contribution in [0.4, 0.5) is 0 Å². The highest BCUT2D eigenvalue weighted by Gasteiger charge is 2.04. The second kappa shape index (κ2) is 8.08. The maximum atomic E-state index is 5.41. The Morgan fingerprint density at radius 2 is 2.29 bits per heavy atom. The van der Waals surface area contributed by atoms with Crippen LogP contribution in [0.25, 0.3) is 0 Å². The molecule has 0 unspecified atom stereocenters. The summed E-state index contributed by atoms with van der Waals surface area (Å²) in [4.78, 5) is 6.36. The van der Waals surface area contributed by atoms with Crippen molar-refractivity contribution in [1.29, 1.82) is 0 Å². The minimum atomic E-state index is 0.372. The van der Waals surface area contributed by atoms with Gasteiger partial charge in [0.15, 0.2) is 0 Å². The minimum absolute atomic E-state index is 0.372. The molecule has 0 radical (unpaired) electrons. The van der Waals surface area contributed by atoms with E-state index in [1.54, 1.807) is 6.26 Å². The highest BCUT2D eigenvalue weighted by atomic mass is 16.6. The number of hydrogen-bond donors (Lipinski definition) is 1. The molecule has 0 fully saturated rings. The minimum Gasteiger partial charge on any atom is -0.450 e. The zero-order valence-corrected chi connectivity index (χ0v) is 11.0. The van der Waals surface area contributed by atoms with E-state index in [1.165, 1.54) is 0 Å². The molecule has 1 rings (SSSR count). The van der Waals surface area contributed by atoms with Gasteiger partial charge in [0.05, 0.1) is 12.3 Å². The number of aromatic nitrogens is 1. The first-order valence-electron chi connectivity index (χ1n) is 6.15. The third kappa shape index (κ3) is 6.28. The van der Waals surface area contributed by atoms with Gasteiger partial charge in [-0.3, -0.25) is 0 Å². The number of hydrogen-bond acceptors (Lipinski definition) is 5. The number of nitrogens with one attached hydrogen (secondary N) is 1. The Balaban J connectivity index is 2.16. The quantitative estimate of drug-likeness (QED) is 0.664. The van der Waals surface area contributed by atoms with Gasteiger partial charge < -0.3 is 19.4 Å². The first-order chi connectivity index (χ1) is 8.22. The molecule has 1 N–H and O–H groups in total. The SMILES string of the molecule is CCCNCc1coc(OCCCN(C)C)n1. The fourth-order valence-corrected chi connectivity index (χ4v) is 1.37. The van der Waals surface area contributed by atoms with Gasteiger partial charge in [-0.1, -0.05) is 6.92 Å². The second-order valence-electron chi connectivity index (χ2n) is 4.29. The van der Waals surface area contributed by atoms with Gasteiger partial charge in [0, 0.05) is 13.1 Å². The molecule has 0 saturated carbocycles. The number of oxazole rings is 1. The van der Waals surface area contributed by atoms with Crippen LogP contribution < -0.4 is 10.1 Å². The molecule has 0 aliphatic heterocycles. The number of ether oxygens (including phenoxy) is 1. The first kappa shape index (κ1) is 14.0. The first-order valence-corrected chi connectivity index (χ1v) is 6.15. The van der Waals surface area contributed by atoms with Crippen LogP contribution in [0.5, 0.6) is 6.08 Å². The molecule has 1 heterocycles. The molecule has 1 aromatic rings. The van der Waals surface area contributed by atoms with Crippen LogP contribution >= 0.6 is 0 Å². The lowest BCUT2D eigenvalue weighted by Gasteiger charge is -2.08. The lowest BCUT2D eigenvalue weighted by Crippen LogP contribution is -2.15. The molecule has 0 saturated heterocycles. The van der Waals surface area contributed by atoms with Crippen molar-refractivity contribution in [1.82, 2.24) is 15.2 Å². The molecule has 0 aliphatic carbocycles. The van der Waals surface area contributed by atoms with E-state index in [2.05, 4.69) is 22.1 Å². The summed E-state index contributed by atoms with van der Waals surface area (Å²) < 4.78 is 10.6. The Morgan fingerprint density at radius 3 is 3.00 bits per heavy atom. The van der Waals surface area contributed by atoms with Crippen molar-refractivity contribution in [3.8, 4) is 6.08 Å². The predicted molar refractivity (Wildman–Crippen MR) is 67.2 cm³/mol. The van der Waals surface area contributed by atoms with E-state index in [-0.39, 0.29) is 0 Å². The van der Waals surface area contributed by atoms with Crippen molar-refractivity contribution in [3.63, 3.8) is 0 Å². The monoisotopic (exact) mass is 241 g/mol. The van der Waals surface area contributed by atoms with Gasteiger partial charge in [-0.2, -0.15) is 4.98 Å². The van der Waals surface area contributed by atoms with Crippen LogP contribution in [0.3, 0.4) is 0 Å². The molecule has 0 spiro atoms. The van der Waals surface area contributed by atoms with Crippen molar-refractivity contribution in [3.05, 3.63) is 12.0 Å². The molecule has 1 aromatic heterocycles. The van der Waals surface area contributed by atoms with E-state index in [1.807, 2.05) is 14.1 Å². The van der Waals surface area contributed by atoms with Crippen LogP contribution in [0, 0.1) is 0 Å². The maximum Gasteiger partial charge on any atom is 0.393 e. The van der Waals surface area contributed by atoms with E-state index in [0.29, 0.717) is 12.7 Å². The summed E-state index contributed by atoms with van der Waals surface area (Å²) in [5.41, 5.74) is 0.890. The van der Waals surface area contributed by atoms with Crippen LogP contribution in [0.15, 0.2) is 10.7 Å². The molecule has 0 bridgehead atoms. The molecule has 0 amide bonds. The van der Waals surface area contributed by atoms with Crippen molar-refractivity contribution in [2.24, 2.45) is 0 Å². The van der Waals surface area contributed by atoms with Crippen molar-refractivity contribution >= 4 is 0 Å². The van der Waals surface area contributed by atoms with Gasteiger partial charge in [0.25, 0.3) is 0 Å². The summed E-state index contributed by atoms with van der Waals surface area (Å²) in [6, 6.07) is 0. The van der Waals surface area contributed by atoms with E-state index in [9.17, 15) is 0 Å². The topological polar surface area (TPSA) is 50.5 Å². The van der Waals surface area contributed by atoms with E-state index >= 15 is 0 Å². The van der Waals surface area contributed by atoms with E-state index < -0.39 is 0 Å². The summed E-state index contributed by atoms with van der Waals surface area (Å²) in [5.74, 6) is 0. The summed E-state index contributed by atoms with van der Waals surface area (Å²) in [7, 11) is 4.09. The van der Waals surface area contributed by atoms with E-state index in [4.69, 9.17) is 9.15 Å². The highest BCUT2D eigenvalue weighted by molar-refractivity contribution is 4.99. The number of rotatable bonds is 9. The lowest BCUT2D eigenvalue weighted by atomic mass is 10.4.